The van der Waals surface area contributed by atoms with Crippen LogP contribution in [-0.4, -0.2) is 11.7 Å². The van der Waals surface area contributed by atoms with Crippen molar-refractivity contribution in [1.82, 2.24) is 0 Å². The molecule has 0 radical (unpaired) electrons. The summed E-state index contributed by atoms with van der Waals surface area (Å²) in [7, 11) is 0. The van der Waals surface area contributed by atoms with Crippen molar-refractivity contribution in [3.63, 3.8) is 0 Å². The molecule has 19 heavy (non-hydrogen) atoms. The summed E-state index contributed by atoms with van der Waals surface area (Å²) in [6.07, 6.45) is 8.92. The average Bonchev–Trinajstić information content (AvgIpc) is 2.64. The van der Waals surface area contributed by atoms with E-state index in [-0.39, 0.29) is 6.61 Å². The fraction of sp³-hybridized carbons (Fsp3) is 0.294. The Morgan fingerprint density at radius 3 is 2.89 bits per heavy atom. The van der Waals surface area contributed by atoms with Crippen LogP contribution in [0.2, 0.25) is 0 Å². The highest BCUT2D eigenvalue weighted by Crippen LogP contribution is 2.33. The van der Waals surface area contributed by atoms with Crippen LogP contribution in [-0.2, 0) is 17.8 Å². The van der Waals surface area contributed by atoms with E-state index >= 15 is 0 Å². The van der Waals surface area contributed by atoms with Gasteiger partial charge in [-0.1, -0.05) is 36.4 Å². The topological polar surface area (TPSA) is 29.5 Å². The molecule has 1 aromatic rings. The summed E-state index contributed by atoms with van der Waals surface area (Å²) < 4.78 is 5.93. The molecule has 1 heterocycles. The lowest BCUT2D eigenvalue weighted by Crippen LogP contribution is -2.02. The molecule has 0 amide bonds. The number of ether oxygens (including phenoxy) is 1. The molecule has 2 nitrogen and oxygen atoms in total. The van der Waals surface area contributed by atoms with Crippen LogP contribution >= 0.6 is 0 Å². The quantitative estimate of drug-likeness (QED) is 0.877. The molecule has 0 atom stereocenters. The van der Waals surface area contributed by atoms with Crippen LogP contribution < -0.4 is 0 Å². The number of fused-ring (bicyclic) bond motifs is 1. The van der Waals surface area contributed by atoms with E-state index in [9.17, 15) is 0 Å². The van der Waals surface area contributed by atoms with Crippen LogP contribution in [0.4, 0.5) is 0 Å². The molecule has 0 saturated carbocycles. The molecule has 98 valence electrons. The number of allylic oxidation sites excluding steroid dienone is 4. The van der Waals surface area contributed by atoms with E-state index in [1.165, 1.54) is 22.3 Å². The molecule has 2 aliphatic rings. The SMILES string of the molecule is OCCC=C1CC=CC2=C1Cc1ccccc1CO2. The fourth-order valence-electron chi connectivity index (χ4n) is 2.67. The van der Waals surface area contributed by atoms with Gasteiger partial charge in [-0.2, -0.15) is 0 Å². The first-order chi connectivity index (χ1) is 9.38. The van der Waals surface area contributed by atoms with Gasteiger partial charge >= 0.3 is 0 Å². The zero-order chi connectivity index (χ0) is 13.1. The van der Waals surface area contributed by atoms with E-state index in [0.29, 0.717) is 13.0 Å². The average molecular weight is 254 g/mol. The molecule has 1 aromatic carbocycles. The highest BCUT2D eigenvalue weighted by Gasteiger charge is 2.19. The smallest absolute Gasteiger partial charge is 0.123 e. The van der Waals surface area contributed by atoms with Crippen LogP contribution in [0.5, 0.6) is 0 Å². The van der Waals surface area contributed by atoms with Gasteiger partial charge in [-0.05, 0) is 35.6 Å². The van der Waals surface area contributed by atoms with Crippen LogP contribution in [0.25, 0.3) is 0 Å². The monoisotopic (exact) mass is 254 g/mol. The summed E-state index contributed by atoms with van der Waals surface area (Å²) in [6, 6.07) is 8.45. The number of hydrogen-bond donors (Lipinski definition) is 1. The molecule has 3 rings (SSSR count). The summed E-state index contributed by atoms with van der Waals surface area (Å²) in [4.78, 5) is 0. The number of aliphatic hydroxyl groups is 1. The van der Waals surface area contributed by atoms with Gasteiger partial charge < -0.3 is 9.84 Å². The Bertz CT molecular complexity index is 564. The van der Waals surface area contributed by atoms with Crippen LogP contribution in [0.1, 0.15) is 24.0 Å². The van der Waals surface area contributed by atoms with Gasteiger partial charge in [0.25, 0.3) is 0 Å². The molecular weight excluding hydrogens is 236 g/mol. The van der Waals surface area contributed by atoms with Gasteiger partial charge in [0.05, 0.1) is 0 Å². The molecule has 0 unspecified atom stereocenters. The molecule has 1 aliphatic carbocycles. The molecule has 1 N–H and O–H groups in total. The van der Waals surface area contributed by atoms with E-state index in [0.717, 1.165) is 18.6 Å². The lowest BCUT2D eigenvalue weighted by atomic mass is 9.90. The third-order valence-electron chi connectivity index (χ3n) is 3.68. The first kappa shape index (κ1) is 12.2. The number of aliphatic hydroxyl groups excluding tert-OH is 1. The standard InChI is InChI=1S/C17H18O2/c18-10-4-8-13-7-3-9-17-16(13)11-14-5-1-2-6-15(14)12-19-17/h1-3,5-6,8-9,18H,4,7,10-12H2. The molecule has 0 spiro atoms. The van der Waals surface area contributed by atoms with Crippen molar-refractivity contribution in [2.75, 3.05) is 6.61 Å². The van der Waals surface area contributed by atoms with Gasteiger partial charge in [0.2, 0.25) is 0 Å². The van der Waals surface area contributed by atoms with Crippen molar-refractivity contribution in [3.8, 4) is 0 Å². The minimum absolute atomic E-state index is 0.202. The molecule has 0 aromatic heterocycles. The summed E-state index contributed by atoms with van der Waals surface area (Å²) in [5, 5.41) is 9.00. The Labute approximate surface area is 113 Å². The molecular formula is C17H18O2. The van der Waals surface area contributed by atoms with E-state index in [1.54, 1.807) is 0 Å². The highest BCUT2D eigenvalue weighted by molar-refractivity contribution is 5.47. The lowest BCUT2D eigenvalue weighted by Gasteiger charge is -2.17. The molecule has 0 bridgehead atoms. The molecule has 0 saturated heterocycles. The van der Waals surface area contributed by atoms with Crippen molar-refractivity contribution < 1.29 is 9.84 Å². The molecule has 1 aliphatic heterocycles. The van der Waals surface area contributed by atoms with Gasteiger partial charge in [-0.25, -0.2) is 0 Å². The first-order valence-corrected chi connectivity index (χ1v) is 6.78. The second-order valence-corrected chi connectivity index (χ2v) is 4.93. The Hall–Kier alpha value is -1.80. The van der Waals surface area contributed by atoms with Crippen molar-refractivity contribution in [2.45, 2.75) is 25.9 Å². The maximum absolute atomic E-state index is 9.00. The lowest BCUT2D eigenvalue weighted by molar-refractivity contribution is 0.210. The summed E-state index contributed by atoms with van der Waals surface area (Å²) in [6.45, 7) is 0.847. The van der Waals surface area contributed by atoms with Crippen LogP contribution in [0, 0.1) is 0 Å². The zero-order valence-electron chi connectivity index (χ0n) is 10.9. The normalized spacial score (nSPS) is 19.7. The van der Waals surface area contributed by atoms with Crippen molar-refractivity contribution in [2.24, 2.45) is 0 Å². The Balaban J connectivity index is 1.97. The number of hydrogen-bond acceptors (Lipinski definition) is 2. The zero-order valence-corrected chi connectivity index (χ0v) is 10.9. The third kappa shape index (κ3) is 2.49. The van der Waals surface area contributed by atoms with Crippen LogP contribution in [0.15, 0.2) is 59.4 Å². The minimum Gasteiger partial charge on any atom is -0.489 e. The maximum atomic E-state index is 9.00. The van der Waals surface area contributed by atoms with Gasteiger partial charge in [-0.15, -0.1) is 0 Å². The predicted molar refractivity (Wildman–Crippen MR) is 75.5 cm³/mol. The van der Waals surface area contributed by atoms with Crippen molar-refractivity contribution >= 4 is 0 Å². The third-order valence-corrected chi connectivity index (χ3v) is 3.68. The van der Waals surface area contributed by atoms with Gasteiger partial charge in [0.1, 0.15) is 12.4 Å². The summed E-state index contributed by atoms with van der Waals surface area (Å²) in [5.74, 6) is 0.992. The highest BCUT2D eigenvalue weighted by atomic mass is 16.5. The van der Waals surface area contributed by atoms with Gasteiger partial charge in [0.15, 0.2) is 0 Å². The molecule has 0 fully saturated rings. The van der Waals surface area contributed by atoms with Gasteiger partial charge in [0, 0.05) is 18.6 Å². The maximum Gasteiger partial charge on any atom is 0.123 e. The largest absolute Gasteiger partial charge is 0.489 e. The Morgan fingerprint density at radius 2 is 2.05 bits per heavy atom. The van der Waals surface area contributed by atoms with Crippen molar-refractivity contribution in [3.05, 3.63) is 70.5 Å². The second kappa shape index (κ2) is 5.45. The van der Waals surface area contributed by atoms with Crippen LogP contribution in [0.3, 0.4) is 0 Å². The second-order valence-electron chi connectivity index (χ2n) is 4.93. The first-order valence-electron chi connectivity index (χ1n) is 6.78. The fourth-order valence-corrected chi connectivity index (χ4v) is 2.67. The van der Waals surface area contributed by atoms with Crippen molar-refractivity contribution in [1.29, 1.82) is 0 Å². The summed E-state index contributed by atoms with van der Waals surface area (Å²) >= 11 is 0. The van der Waals surface area contributed by atoms with E-state index < -0.39 is 0 Å². The number of benzene rings is 1. The van der Waals surface area contributed by atoms with E-state index in [4.69, 9.17) is 9.84 Å². The van der Waals surface area contributed by atoms with E-state index in [1.807, 2.05) is 0 Å². The summed E-state index contributed by atoms with van der Waals surface area (Å²) in [5.41, 5.74) is 5.19. The Kier molecular flexibility index (Phi) is 3.51. The number of rotatable bonds is 2. The van der Waals surface area contributed by atoms with E-state index in [2.05, 4.69) is 42.5 Å². The predicted octanol–water partition coefficient (Wildman–Crippen LogP) is 3.28. The van der Waals surface area contributed by atoms with Gasteiger partial charge in [-0.3, -0.25) is 0 Å². The Morgan fingerprint density at radius 1 is 1.21 bits per heavy atom. The minimum atomic E-state index is 0.202. The molecule has 2 heteroatoms.